The van der Waals surface area contributed by atoms with Crippen LogP contribution < -0.4 is 14.8 Å². The second kappa shape index (κ2) is 10.1. The molecule has 0 spiro atoms. The van der Waals surface area contributed by atoms with Gasteiger partial charge in [0.2, 0.25) is 0 Å². The molecule has 0 atom stereocenters. The summed E-state index contributed by atoms with van der Waals surface area (Å²) in [4.78, 5) is 11.0. The number of rotatable bonds is 8. The predicted octanol–water partition coefficient (Wildman–Crippen LogP) is 6.65. The van der Waals surface area contributed by atoms with E-state index in [2.05, 4.69) is 21.2 Å². The maximum Gasteiger partial charge on any atom is 0.335 e. The molecule has 3 aromatic carbocycles. The van der Waals surface area contributed by atoms with Crippen LogP contribution in [0.3, 0.4) is 0 Å². The van der Waals surface area contributed by atoms with Crippen LogP contribution >= 0.6 is 39.1 Å². The fourth-order valence-corrected chi connectivity index (χ4v) is 3.70. The highest BCUT2D eigenvalue weighted by molar-refractivity contribution is 9.10. The van der Waals surface area contributed by atoms with Crippen LogP contribution in [-0.4, -0.2) is 18.2 Å². The Labute approximate surface area is 192 Å². The predicted molar refractivity (Wildman–Crippen MR) is 122 cm³/mol. The van der Waals surface area contributed by atoms with Gasteiger partial charge in [0, 0.05) is 32.3 Å². The van der Waals surface area contributed by atoms with E-state index in [0.29, 0.717) is 33.7 Å². The van der Waals surface area contributed by atoms with Gasteiger partial charge < -0.3 is 19.9 Å². The molecule has 0 radical (unpaired) electrons. The normalized spacial score (nSPS) is 10.5. The number of nitrogens with one attached hydrogen (secondary N) is 1. The number of ether oxygens (including phenoxy) is 2. The minimum atomic E-state index is -0.956. The molecular formula is C22H18BrCl2NO4. The molecular weight excluding hydrogens is 493 g/mol. The molecule has 3 aromatic rings. The summed E-state index contributed by atoms with van der Waals surface area (Å²) in [5, 5.41) is 13.3. The maximum absolute atomic E-state index is 11.0. The number of anilines is 1. The molecule has 0 saturated heterocycles. The van der Waals surface area contributed by atoms with E-state index >= 15 is 0 Å². The van der Waals surface area contributed by atoms with Crippen molar-refractivity contribution in [3.05, 3.63) is 85.8 Å². The Morgan fingerprint density at radius 2 is 1.73 bits per heavy atom. The Morgan fingerprint density at radius 1 is 1.07 bits per heavy atom. The Morgan fingerprint density at radius 3 is 2.33 bits per heavy atom. The largest absolute Gasteiger partial charge is 0.493 e. The van der Waals surface area contributed by atoms with Crippen LogP contribution in [-0.2, 0) is 13.2 Å². The molecule has 0 saturated carbocycles. The SMILES string of the molecule is COc1cc(CNc2ccc(C(=O)O)cc2)c(Br)cc1OCc1c(Cl)cccc1Cl. The molecule has 3 rings (SSSR count). The highest BCUT2D eigenvalue weighted by atomic mass is 79.9. The van der Waals surface area contributed by atoms with Gasteiger partial charge in [0.1, 0.15) is 6.61 Å². The third-order valence-corrected chi connectivity index (χ3v) is 5.83. The zero-order valence-corrected chi connectivity index (χ0v) is 19.0. The molecule has 30 heavy (non-hydrogen) atoms. The lowest BCUT2D eigenvalue weighted by molar-refractivity contribution is 0.0697. The van der Waals surface area contributed by atoms with Gasteiger partial charge in [0.25, 0.3) is 0 Å². The van der Waals surface area contributed by atoms with E-state index in [9.17, 15) is 4.79 Å². The molecule has 5 nitrogen and oxygen atoms in total. The van der Waals surface area contributed by atoms with E-state index in [1.165, 1.54) is 0 Å². The topological polar surface area (TPSA) is 67.8 Å². The van der Waals surface area contributed by atoms with Crippen LogP contribution in [0.25, 0.3) is 0 Å². The van der Waals surface area contributed by atoms with Gasteiger partial charge in [-0.1, -0.05) is 45.2 Å². The number of carboxylic acid groups (broad SMARTS) is 1. The van der Waals surface area contributed by atoms with E-state index in [1.54, 1.807) is 49.6 Å². The van der Waals surface area contributed by atoms with Crippen molar-refractivity contribution >= 4 is 50.8 Å². The van der Waals surface area contributed by atoms with Gasteiger partial charge in [-0.05, 0) is 54.1 Å². The van der Waals surface area contributed by atoms with E-state index in [4.69, 9.17) is 37.8 Å². The number of benzene rings is 3. The second-order valence-electron chi connectivity index (χ2n) is 6.32. The molecule has 156 valence electrons. The van der Waals surface area contributed by atoms with Crippen LogP contribution in [0.2, 0.25) is 10.0 Å². The number of hydrogen-bond donors (Lipinski definition) is 2. The molecule has 0 aromatic heterocycles. The van der Waals surface area contributed by atoms with Gasteiger partial charge in [0.05, 0.1) is 12.7 Å². The molecule has 0 aliphatic rings. The summed E-state index contributed by atoms with van der Waals surface area (Å²) in [5.41, 5.74) is 2.69. The van der Waals surface area contributed by atoms with Gasteiger partial charge in [-0.25, -0.2) is 4.79 Å². The standard InChI is InChI=1S/C22H18BrCl2NO4/c1-29-20-9-14(11-26-15-7-5-13(6-8-15)22(27)28)17(23)10-21(20)30-12-16-18(24)3-2-4-19(16)25/h2-10,26H,11-12H2,1H3,(H,27,28). The van der Waals surface area contributed by atoms with Crippen molar-refractivity contribution in [1.82, 2.24) is 0 Å². The number of halogens is 3. The molecule has 0 heterocycles. The monoisotopic (exact) mass is 509 g/mol. The zero-order chi connectivity index (χ0) is 21.7. The lowest BCUT2D eigenvalue weighted by atomic mass is 10.1. The summed E-state index contributed by atoms with van der Waals surface area (Å²) in [6.07, 6.45) is 0. The van der Waals surface area contributed by atoms with Crippen molar-refractivity contribution in [2.75, 3.05) is 12.4 Å². The third kappa shape index (κ3) is 5.39. The van der Waals surface area contributed by atoms with Gasteiger partial charge in [-0.2, -0.15) is 0 Å². The Hall–Kier alpha value is -2.41. The first-order chi connectivity index (χ1) is 14.4. The van der Waals surface area contributed by atoms with E-state index in [-0.39, 0.29) is 12.2 Å². The van der Waals surface area contributed by atoms with Crippen molar-refractivity contribution in [3.8, 4) is 11.5 Å². The first kappa shape index (κ1) is 22.3. The molecule has 0 bridgehead atoms. The zero-order valence-electron chi connectivity index (χ0n) is 15.9. The maximum atomic E-state index is 11.0. The molecule has 8 heteroatoms. The first-order valence-electron chi connectivity index (χ1n) is 8.88. The summed E-state index contributed by atoms with van der Waals surface area (Å²) in [7, 11) is 1.57. The van der Waals surface area contributed by atoms with Crippen LogP contribution in [0.1, 0.15) is 21.5 Å². The highest BCUT2D eigenvalue weighted by Gasteiger charge is 2.13. The summed E-state index contributed by atoms with van der Waals surface area (Å²) < 4.78 is 12.2. The molecule has 0 amide bonds. The number of carboxylic acids is 1. The molecule has 2 N–H and O–H groups in total. The summed E-state index contributed by atoms with van der Waals surface area (Å²) >= 11 is 16.0. The highest BCUT2D eigenvalue weighted by Crippen LogP contribution is 2.35. The van der Waals surface area contributed by atoms with E-state index in [1.807, 2.05) is 12.1 Å². The lowest BCUT2D eigenvalue weighted by Crippen LogP contribution is -2.04. The van der Waals surface area contributed by atoms with Gasteiger partial charge >= 0.3 is 5.97 Å². The first-order valence-corrected chi connectivity index (χ1v) is 10.4. The average molecular weight is 511 g/mol. The minimum Gasteiger partial charge on any atom is -0.493 e. The Balaban J connectivity index is 1.72. The number of carbonyl (C=O) groups is 1. The van der Waals surface area contributed by atoms with E-state index in [0.717, 1.165) is 15.7 Å². The lowest BCUT2D eigenvalue weighted by Gasteiger charge is -2.16. The van der Waals surface area contributed by atoms with Crippen molar-refractivity contribution < 1.29 is 19.4 Å². The van der Waals surface area contributed by atoms with E-state index < -0.39 is 5.97 Å². The average Bonchev–Trinajstić information content (AvgIpc) is 2.73. The van der Waals surface area contributed by atoms with Crippen molar-refractivity contribution in [2.24, 2.45) is 0 Å². The van der Waals surface area contributed by atoms with Crippen LogP contribution in [0, 0.1) is 0 Å². The Kier molecular flexibility index (Phi) is 7.48. The van der Waals surface area contributed by atoms with Crippen LogP contribution in [0.15, 0.2) is 59.1 Å². The summed E-state index contributed by atoms with van der Waals surface area (Å²) in [5.74, 6) is 0.164. The van der Waals surface area contributed by atoms with Crippen LogP contribution in [0.4, 0.5) is 5.69 Å². The summed E-state index contributed by atoms with van der Waals surface area (Å²) in [6.45, 7) is 0.703. The fraction of sp³-hybridized carbons (Fsp3) is 0.136. The number of aromatic carboxylic acids is 1. The quantitative estimate of drug-likeness (QED) is 0.355. The third-order valence-electron chi connectivity index (χ3n) is 4.38. The molecule has 0 fully saturated rings. The molecule has 0 unspecified atom stereocenters. The smallest absolute Gasteiger partial charge is 0.335 e. The minimum absolute atomic E-state index is 0.203. The number of hydrogen-bond acceptors (Lipinski definition) is 4. The summed E-state index contributed by atoms with van der Waals surface area (Å²) in [6, 6.07) is 15.5. The van der Waals surface area contributed by atoms with Gasteiger partial charge in [-0.15, -0.1) is 0 Å². The van der Waals surface area contributed by atoms with Crippen LogP contribution in [0.5, 0.6) is 11.5 Å². The fourth-order valence-electron chi connectivity index (χ4n) is 2.73. The van der Waals surface area contributed by atoms with Gasteiger partial charge in [-0.3, -0.25) is 0 Å². The molecule has 0 aliphatic carbocycles. The van der Waals surface area contributed by atoms with Gasteiger partial charge in [0.15, 0.2) is 11.5 Å². The van der Waals surface area contributed by atoms with Crippen molar-refractivity contribution in [1.29, 1.82) is 0 Å². The number of methoxy groups -OCH3 is 1. The second-order valence-corrected chi connectivity index (χ2v) is 7.99. The Bertz CT molecular complexity index is 1040. The van der Waals surface area contributed by atoms with Crippen molar-refractivity contribution in [2.45, 2.75) is 13.2 Å². The molecule has 0 aliphatic heterocycles. The van der Waals surface area contributed by atoms with Crippen molar-refractivity contribution in [3.63, 3.8) is 0 Å².